The Bertz CT molecular complexity index is 462. The highest BCUT2D eigenvalue weighted by Gasteiger charge is 2.36. The summed E-state index contributed by atoms with van der Waals surface area (Å²) < 4.78 is 5.76. The van der Waals surface area contributed by atoms with Gasteiger partial charge in [0, 0.05) is 19.7 Å². The molecule has 0 spiro atoms. The summed E-state index contributed by atoms with van der Waals surface area (Å²) in [5.74, 6) is 0. The van der Waals surface area contributed by atoms with E-state index >= 15 is 0 Å². The fraction of sp³-hybridized carbons (Fsp3) is 0.667. The van der Waals surface area contributed by atoms with E-state index in [4.69, 9.17) is 10.5 Å². The molecule has 2 N–H and O–H groups in total. The van der Waals surface area contributed by atoms with Gasteiger partial charge in [-0.25, -0.2) is 0 Å². The predicted molar refractivity (Wildman–Crippen MR) is 88.4 cm³/mol. The fourth-order valence-corrected chi connectivity index (χ4v) is 3.49. The van der Waals surface area contributed by atoms with E-state index in [0.717, 1.165) is 25.9 Å². The van der Waals surface area contributed by atoms with E-state index in [-0.39, 0.29) is 17.7 Å². The molecule has 1 aliphatic heterocycles. The third-order valence-electron chi connectivity index (χ3n) is 4.96. The van der Waals surface area contributed by atoms with Crippen molar-refractivity contribution in [2.75, 3.05) is 20.2 Å². The molecule has 1 aromatic rings. The summed E-state index contributed by atoms with van der Waals surface area (Å²) in [5, 5.41) is 0. The van der Waals surface area contributed by atoms with Gasteiger partial charge in [-0.15, -0.1) is 0 Å². The monoisotopic (exact) mass is 290 g/mol. The highest BCUT2D eigenvalue weighted by atomic mass is 16.5. The van der Waals surface area contributed by atoms with Crippen LogP contribution in [0, 0.1) is 6.92 Å². The molecule has 0 amide bonds. The zero-order valence-electron chi connectivity index (χ0n) is 13.9. The number of hydrogen-bond acceptors (Lipinski definition) is 3. The van der Waals surface area contributed by atoms with E-state index in [2.05, 4.69) is 49.9 Å². The molecule has 118 valence electrons. The first-order chi connectivity index (χ1) is 10.0. The number of aryl methyl sites for hydroxylation is 1. The van der Waals surface area contributed by atoms with Gasteiger partial charge in [-0.1, -0.05) is 31.2 Å². The number of ether oxygens (including phenoxy) is 1. The van der Waals surface area contributed by atoms with E-state index < -0.39 is 0 Å². The van der Waals surface area contributed by atoms with Gasteiger partial charge in [0.1, 0.15) is 0 Å². The van der Waals surface area contributed by atoms with Gasteiger partial charge in [0.25, 0.3) is 0 Å². The van der Waals surface area contributed by atoms with E-state index in [1.807, 2.05) is 7.11 Å². The molecule has 1 aliphatic rings. The number of methoxy groups -OCH3 is 1. The van der Waals surface area contributed by atoms with Gasteiger partial charge >= 0.3 is 0 Å². The second-order valence-corrected chi connectivity index (χ2v) is 6.60. The molecule has 1 fully saturated rings. The van der Waals surface area contributed by atoms with Gasteiger partial charge in [-0.3, -0.25) is 4.90 Å². The fourth-order valence-electron chi connectivity index (χ4n) is 3.49. The molecule has 3 unspecified atom stereocenters. The topological polar surface area (TPSA) is 38.5 Å². The summed E-state index contributed by atoms with van der Waals surface area (Å²) >= 11 is 0. The number of likely N-dealkylation sites (tertiary alicyclic amines) is 1. The Morgan fingerprint density at radius 3 is 2.71 bits per heavy atom. The zero-order chi connectivity index (χ0) is 15.5. The van der Waals surface area contributed by atoms with E-state index in [0.29, 0.717) is 0 Å². The van der Waals surface area contributed by atoms with Crippen LogP contribution in [0.5, 0.6) is 0 Å². The molecule has 0 saturated carbocycles. The third kappa shape index (κ3) is 3.65. The molecule has 0 bridgehead atoms. The normalized spacial score (nSPS) is 26.5. The Hall–Kier alpha value is -0.900. The van der Waals surface area contributed by atoms with Crippen molar-refractivity contribution in [3.8, 4) is 0 Å². The number of hydrogen-bond donors (Lipinski definition) is 1. The second-order valence-electron chi connectivity index (χ2n) is 6.60. The number of rotatable bonds is 5. The SMILES string of the molecule is CCC(N)C(c1ccccc1C)N1CCCC(C)(OC)C1. The molecule has 0 radical (unpaired) electrons. The minimum atomic E-state index is -0.0490. The maximum atomic E-state index is 6.50. The summed E-state index contributed by atoms with van der Waals surface area (Å²) in [6.45, 7) is 8.63. The van der Waals surface area contributed by atoms with Crippen molar-refractivity contribution in [2.24, 2.45) is 5.73 Å². The lowest BCUT2D eigenvalue weighted by Gasteiger charge is -2.45. The highest BCUT2D eigenvalue weighted by Crippen LogP contribution is 2.34. The number of nitrogens with two attached hydrogens (primary N) is 1. The summed E-state index contributed by atoms with van der Waals surface area (Å²) in [5.41, 5.74) is 9.15. The smallest absolute Gasteiger partial charge is 0.0777 e. The van der Waals surface area contributed by atoms with Gasteiger partial charge in [0.2, 0.25) is 0 Å². The van der Waals surface area contributed by atoms with Crippen LogP contribution < -0.4 is 5.73 Å². The Morgan fingerprint density at radius 1 is 1.38 bits per heavy atom. The van der Waals surface area contributed by atoms with Crippen LogP contribution in [-0.4, -0.2) is 36.7 Å². The van der Waals surface area contributed by atoms with Gasteiger partial charge in [0.05, 0.1) is 11.6 Å². The van der Waals surface area contributed by atoms with Crippen LogP contribution in [0.15, 0.2) is 24.3 Å². The third-order valence-corrected chi connectivity index (χ3v) is 4.96. The minimum absolute atomic E-state index is 0.0490. The maximum Gasteiger partial charge on any atom is 0.0777 e. The minimum Gasteiger partial charge on any atom is -0.377 e. The standard InChI is InChI=1S/C18H30N2O/c1-5-16(19)17(15-10-7-6-9-14(15)2)20-12-8-11-18(3,13-20)21-4/h6-7,9-10,16-17H,5,8,11-13,19H2,1-4H3. The molecule has 2 rings (SSSR count). The van der Waals surface area contributed by atoms with Crippen molar-refractivity contribution in [3.05, 3.63) is 35.4 Å². The molecule has 1 aromatic carbocycles. The summed E-state index contributed by atoms with van der Waals surface area (Å²) in [7, 11) is 1.83. The lowest BCUT2D eigenvalue weighted by atomic mass is 9.88. The number of nitrogens with zero attached hydrogens (tertiary/aromatic N) is 1. The molecule has 0 aliphatic carbocycles. The van der Waals surface area contributed by atoms with E-state index in [1.165, 1.54) is 17.5 Å². The Morgan fingerprint density at radius 2 is 2.10 bits per heavy atom. The largest absolute Gasteiger partial charge is 0.377 e. The van der Waals surface area contributed by atoms with Crippen LogP contribution in [-0.2, 0) is 4.74 Å². The molecule has 0 aromatic heterocycles. The van der Waals surface area contributed by atoms with E-state index in [9.17, 15) is 0 Å². The van der Waals surface area contributed by atoms with Crippen LogP contribution >= 0.6 is 0 Å². The summed E-state index contributed by atoms with van der Waals surface area (Å²) in [6.07, 6.45) is 3.28. The molecule has 1 saturated heterocycles. The molecular formula is C18H30N2O. The Labute approximate surface area is 129 Å². The molecule has 3 nitrogen and oxygen atoms in total. The van der Waals surface area contributed by atoms with Gasteiger partial charge in [-0.2, -0.15) is 0 Å². The van der Waals surface area contributed by atoms with Crippen molar-refractivity contribution >= 4 is 0 Å². The second kappa shape index (κ2) is 6.91. The highest BCUT2D eigenvalue weighted by molar-refractivity contribution is 5.30. The lowest BCUT2D eigenvalue weighted by Crippen LogP contribution is -2.52. The Balaban J connectivity index is 2.31. The lowest BCUT2D eigenvalue weighted by molar-refractivity contribution is -0.0644. The van der Waals surface area contributed by atoms with Crippen molar-refractivity contribution in [1.82, 2.24) is 4.90 Å². The van der Waals surface area contributed by atoms with Crippen LogP contribution in [0.2, 0.25) is 0 Å². The van der Waals surface area contributed by atoms with Gasteiger partial charge in [-0.05, 0) is 50.8 Å². The molecule has 1 heterocycles. The first kappa shape index (κ1) is 16.5. The zero-order valence-corrected chi connectivity index (χ0v) is 13.9. The maximum absolute atomic E-state index is 6.50. The average molecular weight is 290 g/mol. The van der Waals surface area contributed by atoms with Crippen molar-refractivity contribution in [3.63, 3.8) is 0 Å². The molecular weight excluding hydrogens is 260 g/mol. The first-order valence-corrected chi connectivity index (χ1v) is 8.11. The number of piperidine rings is 1. The van der Waals surface area contributed by atoms with Crippen LogP contribution in [0.25, 0.3) is 0 Å². The van der Waals surface area contributed by atoms with Crippen molar-refractivity contribution in [2.45, 2.75) is 57.7 Å². The van der Waals surface area contributed by atoms with Crippen molar-refractivity contribution < 1.29 is 4.74 Å². The number of benzene rings is 1. The average Bonchev–Trinajstić information content (AvgIpc) is 2.49. The Kier molecular flexibility index (Phi) is 5.42. The molecule has 3 atom stereocenters. The molecule has 21 heavy (non-hydrogen) atoms. The predicted octanol–water partition coefficient (Wildman–Crippen LogP) is 3.27. The van der Waals surface area contributed by atoms with Crippen molar-refractivity contribution in [1.29, 1.82) is 0 Å². The summed E-state index contributed by atoms with van der Waals surface area (Å²) in [6, 6.07) is 9.08. The molecule has 3 heteroatoms. The first-order valence-electron chi connectivity index (χ1n) is 8.11. The quantitative estimate of drug-likeness (QED) is 0.904. The van der Waals surface area contributed by atoms with Gasteiger partial charge in [0.15, 0.2) is 0 Å². The van der Waals surface area contributed by atoms with Crippen LogP contribution in [0.3, 0.4) is 0 Å². The summed E-state index contributed by atoms with van der Waals surface area (Å²) in [4.78, 5) is 2.53. The van der Waals surface area contributed by atoms with Crippen LogP contribution in [0.4, 0.5) is 0 Å². The van der Waals surface area contributed by atoms with Crippen LogP contribution in [0.1, 0.15) is 50.3 Å². The van der Waals surface area contributed by atoms with E-state index in [1.54, 1.807) is 0 Å². The van der Waals surface area contributed by atoms with Gasteiger partial charge < -0.3 is 10.5 Å².